The highest BCUT2D eigenvalue weighted by molar-refractivity contribution is 5.96. The molecule has 3 aliphatic heterocycles. The molecule has 0 saturated carbocycles. The number of rotatable bonds is 7. The van der Waals surface area contributed by atoms with Crippen LogP contribution in [-0.2, 0) is 9.57 Å². The highest BCUT2D eigenvalue weighted by atomic mass is 16.8. The van der Waals surface area contributed by atoms with Crippen molar-refractivity contribution in [1.29, 1.82) is 0 Å². The average molecular weight is 522 g/mol. The van der Waals surface area contributed by atoms with E-state index in [2.05, 4.69) is 49.9 Å². The maximum absolute atomic E-state index is 13.2. The molecule has 3 aliphatic rings. The quantitative estimate of drug-likeness (QED) is 0.510. The van der Waals surface area contributed by atoms with Gasteiger partial charge in [-0.2, -0.15) is 0 Å². The molecule has 3 saturated heterocycles. The summed E-state index contributed by atoms with van der Waals surface area (Å²) in [5.74, 6) is 2.15. The predicted molar refractivity (Wildman–Crippen MR) is 142 cm³/mol. The highest BCUT2D eigenvalue weighted by Gasteiger charge is 2.42. The summed E-state index contributed by atoms with van der Waals surface area (Å²) in [7, 11) is 1.34. The van der Waals surface area contributed by atoms with Crippen LogP contribution in [0.1, 0.15) is 52.5 Å². The van der Waals surface area contributed by atoms with Crippen molar-refractivity contribution < 1.29 is 19.2 Å². The second-order valence-corrected chi connectivity index (χ2v) is 11.0. The third kappa shape index (κ3) is 5.83. The Bertz CT molecular complexity index is 1090. The lowest BCUT2D eigenvalue weighted by molar-refractivity contribution is -0.140. The van der Waals surface area contributed by atoms with Gasteiger partial charge in [-0.3, -0.25) is 4.79 Å². The average Bonchev–Trinajstić information content (AvgIpc) is 3.49. The molecule has 9 nitrogen and oxygen atoms in total. The number of ether oxygens (including phenoxy) is 1. The van der Waals surface area contributed by atoms with Crippen LogP contribution in [0.15, 0.2) is 36.7 Å². The van der Waals surface area contributed by atoms with E-state index in [1.807, 2.05) is 18.7 Å². The van der Waals surface area contributed by atoms with E-state index in [1.54, 1.807) is 5.06 Å². The lowest BCUT2D eigenvalue weighted by Crippen LogP contribution is -2.38. The molecule has 0 N–H and O–H groups in total. The van der Waals surface area contributed by atoms with Crippen LogP contribution in [0, 0.1) is 31.6 Å². The van der Waals surface area contributed by atoms with Gasteiger partial charge >= 0.3 is 6.16 Å². The number of hydrogen-bond acceptors (Lipinski definition) is 8. The summed E-state index contributed by atoms with van der Waals surface area (Å²) in [6.45, 7) is 10.0. The van der Waals surface area contributed by atoms with E-state index in [0.717, 1.165) is 76.5 Å². The summed E-state index contributed by atoms with van der Waals surface area (Å²) in [4.78, 5) is 43.1. The minimum atomic E-state index is -0.648. The highest BCUT2D eigenvalue weighted by Crippen LogP contribution is 2.37. The lowest BCUT2D eigenvalue weighted by Gasteiger charge is -2.35. The summed E-state index contributed by atoms with van der Waals surface area (Å²) in [6.07, 6.45) is 3.96. The number of carbonyl (C=O) groups is 2. The Labute approximate surface area is 225 Å². The molecule has 3 fully saturated rings. The van der Waals surface area contributed by atoms with Gasteiger partial charge in [-0.15, -0.1) is 5.06 Å². The molecular weight excluding hydrogens is 482 g/mol. The molecule has 1 aromatic carbocycles. The van der Waals surface area contributed by atoms with Gasteiger partial charge in [0.05, 0.1) is 24.1 Å². The van der Waals surface area contributed by atoms with Gasteiger partial charge in [0.2, 0.25) is 0 Å². The number of aryl methyl sites for hydroxylation is 2. The third-order valence-corrected chi connectivity index (χ3v) is 8.71. The second kappa shape index (κ2) is 11.8. The fourth-order valence-electron chi connectivity index (χ4n) is 6.71. The largest absolute Gasteiger partial charge is 0.527 e. The zero-order valence-electron chi connectivity index (χ0n) is 22.7. The first kappa shape index (κ1) is 26.6. The first-order valence-corrected chi connectivity index (χ1v) is 13.8. The molecule has 0 radical (unpaired) electrons. The summed E-state index contributed by atoms with van der Waals surface area (Å²) < 4.78 is 4.64. The minimum absolute atomic E-state index is 0.0770. The van der Waals surface area contributed by atoms with Crippen LogP contribution < -0.4 is 0 Å². The third-order valence-electron chi connectivity index (χ3n) is 8.71. The van der Waals surface area contributed by atoms with Crippen molar-refractivity contribution in [2.45, 2.75) is 39.0 Å². The van der Waals surface area contributed by atoms with Gasteiger partial charge < -0.3 is 19.4 Å². The summed E-state index contributed by atoms with van der Waals surface area (Å²) in [6, 6.07) is 10.8. The molecule has 3 unspecified atom stereocenters. The topological polar surface area (TPSA) is 88.1 Å². The van der Waals surface area contributed by atoms with Crippen LogP contribution in [0.25, 0.3) is 0 Å². The predicted octanol–water partition coefficient (Wildman–Crippen LogP) is 3.68. The van der Waals surface area contributed by atoms with Gasteiger partial charge in [0.1, 0.15) is 6.33 Å². The van der Waals surface area contributed by atoms with E-state index >= 15 is 0 Å². The minimum Gasteiger partial charge on any atom is -0.436 e. The van der Waals surface area contributed by atoms with Crippen molar-refractivity contribution in [3.8, 4) is 0 Å². The van der Waals surface area contributed by atoms with Crippen molar-refractivity contribution >= 4 is 12.1 Å². The summed E-state index contributed by atoms with van der Waals surface area (Å²) in [5.41, 5.74) is 3.58. The van der Waals surface area contributed by atoms with Crippen molar-refractivity contribution in [3.05, 3.63) is 59.2 Å². The first-order valence-electron chi connectivity index (χ1n) is 13.8. The maximum Gasteiger partial charge on any atom is 0.527 e. The number of likely N-dealkylation sites (tertiary alicyclic amines) is 2. The van der Waals surface area contributed by atoms with E-state index in [9.17, 15) is 9.59 Å². The number of hydrogen-bond donors (Lipinski definition) is 0. The Hall–Kier alpha value is -3.04. The van der Waals surface area contributed by atoms with Crippen LogP contribution in [0.5, 0.6) is 0 Å². The van der Waals surface area contributed by atoms with Crippen molar-refractivity contribution in [3.63, 3.8) is 0 Å². The van der Waals surface area contributed by atoms with Crippen LogP contribution in [0.4, 0.5) is 4.79 Å². The molecule has 38 heavy (non-hydrogen) atoms. The SMILES string of the molecule is COC(=O)ON1CCC(C(CCN2CC3CN(C(=O)c4c(C)ncnc4C)CC3C2)c2ccccc2)CC1. The Balaban J connectivity index is 1.16. The van der Waals surface area contributed by atoms with Crippen molar-refractivity contribution in [1.82, 2.24) is 24.8 Å². The van der Waals surface area contributed by atoms with E-state index in [1.165, 1.54) is 19.0 Å². The molecule has 1 amide bonds. The molecule has 2 aromatic rings. The fraction of sp³-hybridized carbons (Fsp3) is 0.586. The molecule has 3 atom stereocenters. The number of nitrogens with zero attached hydrogens (tertiary/aromatic N) is 5. The van der Waals surface area contributed by atoms with E-state index in [0.29, 0.717) is 29.2 Å². The van der Waals surface area contributed by atoms with Crippen molar-refractivity contribution in [2.24, 2.45) is 17.8 Å². The number of piperidine rings is 1. The number of amides is 1. The van der Waals surface area contributed by atoms with Gasteiger partial charge in [-0.05, 0) is 68.9 Å². The Kier molecular flexibility index (Phi) is 8.24. The number of methoxy groups -OCH3 is 1. The van der Waals surface area contributed by atoms with Crippen molar-refractivity contribution in [2.75, 3.05) is 52.9 Å². The molecule has 0 bridgehead atoms. The molecule has 0 aliphatic carbocycles. The summed E-state index contributed by atoms with van der Waals surface area (Å²) >= 11 is 0. The second-order valence-electron chi connectivity index (χ2n) is 11.0. The molecule has 204 valence electrons. The molecule has 4 heterocycles. The lowest BCUT2D eigenvalue weighted by atomic mass is 9.78. The Morgan fingerprint density at radius 1 is 0.974 bits per heavy atom. The van der Waals surface area contributed by atoms with E-state index in [4.69, 9.17) is 4.84 Å². The Morgan fingerprint density at radius 2 is 1.61 bits per heavy atom. The number of fused-ring (bicyclic) bond motifs is 1. The van der Waals surface area contributed by atoms with E-state index < -0.39 is 6.16 Å². The fourth-order valence-corrected chi connectivity index (χ4v) is 6.71. The Morgan fingerprint density at radius 3 is 2.21 bits per heavy atom. The molecule has 1 aromatic heterocycles. The molecule has 0 spiro atoms. The molecular formula is C29H39N5O4. The molecule has 9 heteroatoms. The van der Waals surface area contributed by atoms with Crippen LogP contribution in [-0.4, -0.2) is 89.8 Å². The monoisotopic (exact) mass is 521 g/mol. The first-order chi connectivity index (χ1) is 18.4. The number of hydroxylamine groups is 2. The van der Waals surface area contributed by atoms with Gasteiger partial charge in [-0.25, -0.2) is 14.8 Å². The van der Waals surface area contributed by atoms with Gasteiger partial charge in [-0.1, -0.05) is 30.3 Å². The van der Waals surface area contributed by atoms with Crippen LogP contribution in [0.2, 0.25) is 0 Å². The number of aromatic nitrogens is 2. The number of carbonyl (C=O) groups excluding carboxylic acids is 2. The maximum atomic E-state index is 13.2. The zero-order valence-corrected chi connectivity index (χ0v) is 22.7. The summed E-state index contributed by atoms with van der Waals surface area (Å²) in [5, 5.41) is 1.73. The zero-order chi connectivity index (χ0) is 26.6. The standard InChI is InChI=1S/C29H39N5O4/c1-20-27(21(2)31-19-30-20)28(35)33-17-24-15-32(16-25(24)18-33)12-11-26(22-7-5-4-6-8-22)23-9-13-34(14-10-23)38-29(36)37-3/h4-8,19,23-26H,9-18H2,1-3H3. The van der Waals surface area contributed by atoms with E-state index in [-0.39, 0.29) is 5.91 Å². The molecule has 5 rings (SSSR count). The van der Waals surface area contributed by atoms with Crippen LogP contribution in [0.3, 0.4) is 0 Å². The van der Waals surface area contributed by atoms with Gasteiger partial charge in [0, 0.05) is 39.3 Å². The smallest absolute Gasteiger partial charge is 0.436 e. The normalized spacial score (nSPS) is 23.3. The van der Waals surface area contributed by atoms with Crippen LogP contribution >= 0.6 is 0 Å². The van der Waals surface area contributed by atoms with Gasteiger partial charge in [0.25, 0.3) is 5.91 Å². The number of benzene rings is 1. The van der Waals surface area contributed by atoms with Gasteiger partial charge in [0.15, 0.2) is 0 Å².